The minimum Gasteiger partial charge on any atom is -0.480 e. The summed E-state index contributed by atoms with van der Waals surface area (Å²) < 4.78 is 0. The topological polar surface area (TPSA) is 171 Å². The van der Waals surface area contributed by atoms with Crippen LogP contribution in [0.4, 0.5) is 0 Å². The molecule has 6 N–H and O–H groups in total. The summed E-state index contributed by atoms with van der Waals surface area (Å²) in [6, 6.07) is -3.43. The van der Waals surface area contributed by atoms with Crippen molar-refractivity contribution in [2.24, 2.45) is 5.73 Å². The van der Waals surface area contributed by atoms with E-state index in [-0.39, 0.29) is 30.5 Å². The van der Waals surface area contributed by atoms with Crippen LogP contribution >= 0.6 is 12.6 Å². The van der Waals surface area contributed by atoms with Crippen LogP contribution in [0.2, 0.25) is 0 Å². The standard InChI is InChI=1S/C18H29N5O6S/c19-14(24)6-5-10(15(25)22-12(9-30)18(28)29)21-16(26)13-4-2-8-23(13)17(27)11-3-1-7-20-11/h10-13,20,30H,1-9H2,(H2,19,24)(H,21,26)(H,22,25)(H,28,29). The van der Waals surface area contributed by atoms with Gasteiger partial charge in [-0.1, -0.05) is 0 Å². The van der Waals surface area contributed by atoms with Crippen molar-refractivity contribution in [1.82, 2.24) is 20.9 Å². The van der Waals surface area contributed by atoms with Crippen LogP contribution in [0.3, 0.4) is 0 Å². The molecule has 4 amide bonds. The van der Waals surface area contributed by atoms with E-state index in [0.717, 1.165) is 13.0 Å². The molecule has 0 aromatic rings. The van der Waals surface area contributed by atoms with E-state index < -0.39 is 41.8 Å². The number of carboxylic acids is 1. The minimum atomic E-state index is -1.27. The summed E-state index contributed by atoms with van der Waals surface area (Å²) in [5, 5.41) is 17.1. The summed E-state index contributed by atoms with van der Waals surface area (Å²) >= 11 is 3.89. The third kappa shape index (κ3) is 6.33. The lowest BCUT2D eigenvalue weighted by molar-refractivity contribution is -0.142. The van der Waals surface area contributed by atoms with Gasteiger partial charge in [0, 0.05) is 18.7 Å². The molecular formula is C18H29N5O6S. The maximum Gasteiger partial charge on any atom is 0.327 e. The number of nitrogens with zero attached hydrogens (tertiary/aromatic N) is 1. The first-order valence-electron chi connectivity index (χ1n) is 10.0. The van der Waals surface area contributed by atoms with E-state index >= 15 is 0 Å². The number of nitrogens with two attached hydrogens (primary N) is 1. The van der Waals surface area contributed by atoms with Crippen LogP contribution in [0.1, 0.15) is 38.5 Å². The number of carbonyl (C=O) groups excluding carboxylic acids is 4. The van der Waals surface area contributed by atoms with E-state index in [0.29, 0.717) is 25.8 Å². The van der Waals surface area contributed by atoms with Crippen molar-refractivity contribution in [3.8, 4) is 0 Å². The summed E-state index contributed by atoms with van der Waals surface area (Å²) in [6.45, 7) is 1.21. The molecule has 30 heavy (non-hydrogen) atoms. The Balaban J connectivity index is 2.06. The number of thiol groups is 1. The number of aliphatic carboxylic acids is 1. The number of carbonyl (C=O) groups is 5. The van der Waals surface area contributed by atoms with Crippen LogP contribution in [-0.4, -0.2) is 82.6 Å². The lowest BCUT2D eigenvalue weighted by Crippen LogP contribution is -2.56. The van der Waals surface area contributed by atoms with Crippen molar-refractivity contribution in [3.05, 3.63) is 0 Å². The Morgan fingerprint density at radius 2 is 1.87 bits per heavy atom. The van der Waals surface area contributed by atoms with Crippen LogP contribution in [-0.2, 0) is 24.0 Å². The highest BCUT2D eigenvalue weighted by atomic mass is 32.1. The summed E-state index contributed by atoms with van der Waals surface area (Å²) in [6.07, 6.45) is 2.48. The Kier molecular flexibility index (Phi) is 8.90. The van der Waals surface area contributed by atoms with Crippen molar-refractivity contribution in [2.45, 2.75) is 62.7 Å². The zero-order valence-corrected chi connectivity index (χ0v) is 17.5. The number of primary amides is 1. The summed E-state index contributed by atoms with van der Waals surface area (Å²) in [7, 11) is 0. The van der Waals surface area contributed by atoms with Gasteiger partial charge < -0.3 is 31.7 Å². The summed E-state index contributed by atoms with van der Waals surface area (Å²) in [4.78, 5) is 62.0. The van der Waals surface area contributed by atoms with Gasteiger partial charge in [0.1, 0.15) is 18.1 Å². The molecule has 12 heteroatoms. The molecule has 11 nitrogen and oxygen atoms in total. The van der Waals surface area contributed by atoms with Crippen LogP contribution in [0, 0.1) is 0 Å². The van der Waals surface area contributed by atoms with Crippen LogP contribution in [0.5, 0.6) is 0 Å². The predicted molar refractivity (Wildman–Crippen MR) is 110 cm³/mol. The summed E-state index contributed by atoms with van der Waals surface area (Å²) in [5.41, 5.74) is 5.15. The molecule has 2 heterocycles. The third-order valence-electron chi connectivity index (χ3n) is 5.31. The van der Waals surface area contributed by atoms with Crippen molar-refractivity contribution in [1.29, 1.82) is 0 Å². The second kappa shape index (κ2) is 11.2. The van der Waals surface area contributed by atoms with Gasteiger partial charge in [0.2, 0.25) is 23.6 Å². The average molecular weight is 444 g/mol. The second-order valence-electron chi connectivity index (χ2n) is 7.49. The fourth-order valence-corrected chi connectivity index (χ4v) is 3.93. The normalized spacial score (nSPS) is 22.9. The number of carboxylic acid groups (broad SMARTS) is 1. The molecule has 0 radical (unpaired) electrons. The van der Waals surface area contributed by atoms with Crippen LogP contribution in [0.15, 0.2) is 0 Å². The number of hydrogen-bond acceptors (Lipinski definition) is 7. The predicted octanol–water partition coefficient (Wildman–Crippen LogP) is -2.02. The maximum atomic E-state index is 12.9. The quantitative estimate of drug-likeness (QED) is 0.212. The number of nitrogens with one attached hydrogen (secondary N) is 3. The Morgan fingerprint density at radius 1 is 1.13 bits per heavy atom. The Hall–Kier alpha value is -2.34. The molecule has 4 atom stereocenters. The first-order valence-corrected chi connectivity index (χ1v) is 10.6. The monoisotopic (exact) mass is 443 g/mol. The zero-order valence-electron chi connectivity index (χ0n) is 16.6. The summed E-state index contributed by atoms with van der Waals surface area (Å²) in [5.74, 6) is -3.47. The number of hydrogen-bond donors (Lipinski definition) is 6. The van der Waals surface area contributed by atoms with Gasteiger partial charge >= 0.3 is 5.97 Å². The van der Waals surface area contributed by atoms with Crippen LogP contribution in [0.25, 0.3) is 0 Å². The van der Waals surface area contributed by atoms with Gasteiger partial charge in [0.15, 0.2) is 0 Å². The second-order valence-corrected chi connectivity index (χ2v) is 7.85. The Bertz CT molecular complexity index is 684. The molecule has 168 valence electrons. The van der Waals surface area contributed by atoms with Gasteiger partial charge in [-0.15, -0.1) is 0 Å². The first kappa shape index (κ1) is 23.9. The molecule has 0 spiro atoms. The van der Waals surface area contributed by atoms with E-state index in [1.165, 1.54) is 4.90 Å². The molecule has 2 aliphatic heterocycles. The van der Waals surface area contributed by atoms with E-state index in [1.54, 1.807) is 0 Å². The highest BCUT2D eigenvalue weighted by Crippen LogP contribution is 2.21. The van der Waals surface area contributed by atoms with Gasteiger partial charge in [-0.3, -0.25) is 19.2 Å². The van der Waals surface area contributed by atoms with Gasteiger partial charge in [0.25, 0.3) is 0 Å². The maximum absolute atomic E-state index is 12.9. The fraction of sp³-hybridized carbons (Fsp3) is 0.722. The lowest BCUT2D eigenvalue weighted by Gasteiger charge is -2.28. The molecule has 0 aromatic heterocycles. The number of rotatable bonds is 10. The smallest absolute Gasteiger partial charge is 0.327 e. The fourth-order valence-electron chi connectivity index (χ4n) is 3.68. The van der Waals surface area contributed by atoms with Crippen molar-refractivity contribution in [2.75, 3.05) is 18.8 Å². The Morgan fingerprint density at radius 3 is 2.43 bits per heavy atom. The molecule has 0 saturated carbocycles. The average Bonchev–Trinajstić information content (AvgIpc) is 3.39. The molecule has 2 saturated heterocycles. The van der Waals surface area contributed by atoms with Crippen molar-refractivity contribution >= 4 is 42.2 Å². The zero-order chi connectivity index (χ0) is 22.3. The van der Waals surface area contributed by atoms with Gasteiger partial charge in [-0.2, -0.15) is 12.6 Å². The highest BCUT2D eigenvalue weighted by Gasteiger charge is 2.39. The van der Waals surface area contributed by atoms with Gasteiger partial charge in [-0.05, 0) is 38.6 Å². The van der Waals surface area contributed by atoms with Crippen LogP contribution < -0.4 is 21.7 Å². The first-order chi connectivity index (χ1) is 14.2. The minimum absolute atomic E-state index is 0.0866. The lowest BCUT2D eigenvalue weighted by atomic mass is 10.1. The molecule has 0 aliphatic carbocycles. The van der Waals surface area contributed by atoms with E-state index in [2.05, 4.69) is 28.6 Å². The SMILES string of the molecule is NC(=O)CCC(NC(=O)C1CCCN1C(=O)C1CCCN1)C(=O)NC(CS)C(=O)O. The van der Waals surface area contributed by atoms with E-state index in [1.807, 2.05) is 0 Å². The third-order valence-corrected chi connectivity index (χ3v) is 5.67. The molecule has 0 aromatic carbocycles. The largest absolute Gasteiger partial charge is 0.480 e. The van der Waals surface area contributed by atoms with Gasteiger partial charge in [0.05, 0.1) is 6.04 Å². The molecule has 2 fully saturated rings. The molecule has 2 rings (SSSR count). The number of amides is 4. The Labute approximate surface area is 179 Å². The highest BCUT2D eigenvalue weighted by molar-refractivity contribution is 7.80. The van der Waals surface area contributed by atoms with E-state index in [4.69, 9.17) is 10.8 Å². The van der Waals surface area contributed by atoms with Gasteiger partial charge in [-0.25, -0.2) is 4.79 Å². The van der Waals surface area contributed by atoms with Crippen molar-refractivity contribution < 1.29 is 29.1 Å². The molecule has 2 aliphatic rings. The van der Waals surface area contributed by atoms with Crippen molar-refractivity contribution in [3.63, 3.8) is 0 Å². The van der Waals surface area contributed by atoms with E-state index in [9.17, 15) is 24.0 Å². The number of likely N-dealkylation sites (tertiary alicyclic amines) is 1. The molecule has 0 bridgehead atoms. The molecule has 4 unspecified atom stereocenters. The molecular weight excluding hydrogens is 414 g/mol.